The monoisotopic (exact) mass is 311 g/mol. The summed E-state index contributed by atoms with van der Waals surface area (Å²) in [6.07, 6.45) is -0.741. The summed E-state index contributed by atoms with van der Waals surface area (Å²) >= 11 is 3.28. The average Bonchev–Trinajstić information content (AvgIpc) is 2.19. The minimum Gasteiger partial charge on any atom is -0.504 e. The molecule has 2 atom stereocenters. The normalized spacial score (nSPS) is 13.8. The van der Waals surface area contributed by atoms with E-state index in [1.807, 2.05) is 0 Å². The van der Waals surface area contributed by atoms with Gasteiger partial charge in [-0.05, 0) is 19.1 Å². The quantitative estimate of drug-likeness (QED) is 0.797. The summed E-state index contributed by atoms with van der Waals surface area (Å²) in [7, 11) is 1.46. The van der Waals surface area contributed by atoms with E-state index in [0.29, 0.717) is 11.3 Å². The van der Waals surface area contributed by atoms with Gasteiger partial charge in [0, 0.05) is 10.0 Å². The van der Waals surface area contributed by atoms with Crippen molar-refractivity contribution in [3.63, 3.8) is 0 Å². The Labute approximate surface area is 109 Å². The van der Waals surface area contributed by atoms with Crippen molar-refractivity contribution in [3.8, 4) is 11.5 Å². The van der Waals surface area contributed by atoms with Crippen LogP contribution in [0.1, 0.15) is 18.5 Å². The van der Waals surface area contributed by atoms with Gasteiger partial charge in [0.2, 0.25) is 0 Å². The van der Waals surface area contributed by atoms with Crippen LogP contribution in [-0.4, -0.2) is 23.4 Å². The van der Waals surface area contributed by atoms with E-state index in [1.165, 1.54) is 7.11 Å². The first-order valence-corrected chi connectivity index (χ1v) is 5.26. The first-order valence-electron chi connectivity index (χ1n) is 4.47. The number of aromatic hydroxyl groups is 1. The molecule has 0 unspecified atom stereocenters. The van der Waals surface area contributed by atoms with Gasteiger partial charge in [-0.3, -0.25) is 0 Å². The molecule has 16 heavy (non-hydrogen) atoms. The molecule has 1 aromatic rings. The Kier molecular flexibility index (Phi) is 6.10. The van der Waals surface area contributed by atoms with Gasteiger partial charge in [0.25, 0.3) is 0 Å². The maximum absolute atomic E-state index is 9.80. The number of methoxy groups -OCH3 is 1. The second-order valence-corrected chi connectivity index (χ2v) is 4.23. The number of nitrogens with two attached hydrogens (primary N) is 1. The summed E-state index contributed by atoms with van der Waals surface area (Å²) in [5.74, 6) is 0.296. The van der Waals surface area contributed by atoms with Crippen LogP contribution in [0, 0.1) is 0 Å². The van der Waals surface area contributed by atoms with Crippen molar-refractivity contribution in [1.82, 2.24) is 0 Å². The molecule has 0 saturated carbocycles. The van der Waals surface area contributed by atoms with Crippen LogP contribution >= 0.6 is 28.3 Å². The van der Waals surface area contributed by atoms with Crippen molar-refractivity contribution in [2.75, 3.05) is 7.11 Å². The van der Waals surface area contributed by atoms with Crippen molar-refractivity contribution in [2.24, 2.45) is 5.73 Å². The number of hydrogen-bond acceptors (Lipinski definition) is 4. The summed E-state index contributed by atoms with van der Waals surface area (Å²) in [6, 6.07) is 2.65. The van der Waals surface area contributed by atoms with Gasteiger partial charge < -0.3 is 20.7 Å². The molecule has 0 aliphatic rings. The van der Waals surface area contributed by atoms with Crippen molar-refractivity contribution in [3.05, 3.63) is 22.2 Å². The van der Waals surface area contributed by atoms with E-state index in [2.05, 4.69) is 15.9 Å². The molecule has 1 rings (SSSR count). The molecule has 0 radical (unpaired) electrons. The fraction of sp³-hybridized carbons (Fsp3) is 0.400. The van der Waals surface area contributed by atoms with Gasteiger partial charge in [0.15, 0.2) is 11.5 Å². The van der Waals surface area contributed by atoms with Gasteiger partial charge in [-0.25, -0.2) is 0 Å². The smallest absolute Gasteiger partial charge is 0.162 e. The highest BCUT2D eigenvalue weighted by atomic mass is 79.9. The molecule has 6 heteroatoms. The van der Waals surface area contributed by atoms with Crippen LogP contribution < -0.4 is 10.5 Å². The average molecular weight is 313 g/mol. The zero-order valence-electron chi connectivity index (χ0n) is 8.98. The zero-order valence-corrected chi connectivity index (χ0v) is 11.4. The SMILES string of the molecule is COc1cc(Br)cc([C@H](N)[C@@H](C)O)c1O.Cl. The lowest BCUT2D eigenvalue weighted by Gasteiger charge is -2.18. The van der Waals surface area contributed by atoms with Crippen LogP contribution in [0.25, 0.3) is 0 Å². The lowest BCUT2D eigenvalue weighted by molar-refractivity contribution is 0.162. The molecular formula is C10H15BrClNO3. The number of rotatable bonds is 3. The van der Waals surface area contributed by atoms with Crippen molar-refractivity contribution in [1.29, 1.82) is 0 Å². The van der Waals surface area contributed by atoms with Crippen LogP contribution in [-0.2, 0) is 0 Å². The van der Waals surface area contributed by atoms with E-state index in [0.717, 1.165) is 4.47 Å². The molecule has 0 heterocycles. The largest absolute Gasteiger partial charge is 0.504 e. The third kappa shape index (κ3) is 3.25. The molecule has 0 aliphatic carbocycles. The van der Waals surface area contributed by atoms with Gasteiger partial charge >= 0.3 is 0 Å². The predicted octanol–water partition coefficient (Wildman–Crippen LogP) is 1.97. The van der Waals surface area contributed by atoms with E-state index < -0.39 is 12.1 Å². The summed E-state index contributed by atoms with van der Waals surface area (Å²) in [6.45, 7) is 1.57. The number of benzene rings is 1. The third-order valence-electron chi connectivity index (χ3n) is 2.17. The van der Waals surface area contributed by atoms with Crippen LogP contribution in [0.4, 0.5) is 0 Å². The van der Waals surface area contributed by atoms with E-state index in [4.69, 9.17) is 10.5 Å². The van der Waals surface area contributed by atoms with Crippen molar-refractivity contribution in [2.45, 2.75) is 19.1 Å². The molecule has 4 nitrogen and oxygen atoms in total. The molecule has 0 bridgehead atoms. The maximum Gasteiger partial charge on any atom is 0.162 e. The molecule has 0 spiro atoms. The lowest BCUT2D eigenvalue weighted by atomic mass is 10.0. The fourth-order valence-electron chi connectivity index (χ4n) is 1.26. The van der Waals surface area contributed by atoms with Crippen LogP contribution in [0.2, 0.25) is 0 Å². The maximum atomic E-state index is 9.80. The number of ether oxygens (including phenoxy) is 1. The highest BCUT2D eigenvalue weighted by Gasteiger charge is 2.19. The second-order valence-electron chi connectivity index (χ2n) is 3.31. The second kappa shape index (κ2) is 6.30. The molecule has 92 valence electrons. The molecule has 0 fully saturated rings. The minimum absolute atomic E-state index is 0. The Bertz CT molecular complexity index is 360. The lowest BCUT2D eigenvalue weighted by Crippen LogP contribution is -2.23. The van der Waals surface area contributed by atoms with Gasteiger partial charge in [-0.1, -0.05) is 15.9 Å². The molecule has 0 amide bonds. The van der Waals surface area contributed by atoms with Gasteiger partial charge in [-0.2, -0.15) is 0 Å². The first kappa shape index (κ1) is 15.5. The number of aliphatic hydroxyl groups excluding tert-OH is 1. The van der Waals surface area contributed by atoms with Crippen LogP contribution in [0.3, 0.4) is 0 Å². The van der Waals surface area contributed by atoms with E-state index in [9.17, 15) is 10.2 Å². The predicted molar refractivity (Wildman–Crippen MR) is 68.2 cm³/mol. The molecule has 1 aromatic carbocycles. The van der Waals surface area contributed by atoms with E-state index in [-0.39, 0.29) is 18.2 Å². The number of phenols is 1. The van der Waals surface area contributed by atoms with Gasteiger partial charge in [-0.15, -0.1) is 12.4 Å². The Morgan fingerprint density at radius 1 is 1.44 bits per heavy atom. The topological polar surface area (TPSA) is 75.7 Å². The molecule has 0 saturated heterocycles. The van der Waals surface area contributed by atoms with Crippen LogP contribution in [0.5, 0.6) is 11.5 Å². The Hall–Kier alpha value is -0.490. The van der Waals surface area contributed by atoms with E-state index >= 15 is 0 Å². The van der Waals surface area contributed by atoms with Crippen molar-refractivity contribution >= 4 is 28.3 Å². The Morgan fingerprint density at radius 3 is 2.44 bits per heavy atom. The Morgan fingerprint density at radius 2 is 2.00 bits per heavy atom. The van der Waals surface area contributed by atoms with Gasteiger partial charge in [0.05, 0.1) is 19.3 Å². The zero-order chi connectivity index (χ0) is 11.6. The molecule has 4 N–H and O–H groups in total. The highest BCUT2D eigenvalue weighted by molar-refractivity contribution is 9.10. The summed E-state index contributed by atoms with van der Waals surface area (Å²) in [5.41, 5.74) is 6.20. The number of hydrogen-bond donors (Lipinski definition) is 3. The third-order valence-corrected chi connectivity index (χ3v) is 2.63. The summed E-state index contributed by atoms with van der Waals surface area (Å²) in [4.78, 5) is 0. The molecular weight excluding hydrogens is 297 g/mol. The number of phenolic OH excluding ortho intramolecular Hbond substituents is 1. The Balaban J connectivity index is 0.00000225. The standard InChI is InChI=1S/C10H14BrNO3.ClH/c1-5(13)9(12)7-3-6(11)4-8(15-2)10(7)14;/h3-5,9,13-14H,12H2,1-2H3;1H/t5-,9-;/m1./s1. The minimum atomic E-state index is -0.741. The number of halogens is 2. The van der Waals surface area contributed by atoms with Crippen molar-refractivity contribution < 1.29 is 14.9 Å². The first-order chi connectivity index (χ1) is 6.97. The number of aliphatic hydroxyl groups is 1. The fourth-order valence-corrected chi connectivity index (χ4v) is 1.72. The molecule has 0 aliphatic heterocycles. The highest BCUT2D eigenvalue weighted by Crippen LogP contribution is 2.36. The van der Waals surface area contributed by atoms with E-state index in [1.54, 1.807) is 19.1 Å². The van der Waals surface area contributed by atoms with Gasteiger partial charge in [0.1, 0.15) is 0 Å². The summed E-state index contributed by atoms with van der Waals surface area (Å²) in [5, 5.41) is 19.2. The summed E-state index contributed by atoms with van der Waals surface area (Å²) < 4.78 is 5.72. The molecule has 0 aromatic heterocycles. The van der Waals surface area contributed by atoms with Crippen LogP contribution in [0.15, 0.2) is 16.6 Å².